The van der Waals surface area contributed by atoms with Gasteiger partial charge < -0.3 is 11.5 Å². The van der Waals surface area contributed by atoms with Gasteiger partial charge >= 0.3 is 0 Å². The molecule has 3 aromatic carbocycles. The van der Waals surface area contributed by atoms with Crippen molar-refractivity contribution in [3.8, 4) is 0 Å². The number of nitrogen functional groups attached to an aromatic ring is 2. The van der Waals surface area contributed by atoms with E-state index in [9.17, 15) is 0 Å². The number of benzene rings is 3. The van der Waals surface area contributed by atoms with E-state index in [0.29, 0.717) is 0 Å². The zero-order valence-corrected chi connectivity index (χ0v) is 16.4. The van der Waals surface area contributed by atoms with Gasteiger partial charge in [0, 0.05) is 17.3 Å². The van der Waals surface area contributed by atoms with Crippen molar-refractivity contribution in [2.45, 2.75) is 40.5 Å². The molecule has 0 bridgehead atoms. The van der Waals surface area contributed by atoms with Gasteiger partial charge in [-0.1, -0.05) is 54.1 Å². The molecule has 0 unspecified atom stereocenters. The van der Waals surface area contributed by atoms with Crippen molar-refractivity contribution in [2.75, 3.05) is 11.5 Å². The third-order valence-electron chi connectivity index (χ3n) is 5.31. The van der Waals surface area contributed by atoms with Crippen molar-refractivity contribution >= 4 is 11.4 Å². The molecule has 4 N–H and O–H groups in total. The van der Waals surface area contributed by atoms with Crippen LogP contribution in [0.25, 0.3) is 0 Å². The Morgan fingerprint density at radius 3 is 1.23 bits per heavy atom. The largest absolute Gasteiger partial charge is 0.398 e. The SMILES string of the molecule is Cc1ccc(C(c2cc(C)c(N)c(C)c2)c2cc(C)c(N)c(C)c2)cc1. The minimum absolute atomic E-state index is 0.159. The first-order valence-corrected chi connectivity index (χ1v) is 9.07. The van der Waals surface area contributed by atoms with E-state index in [1.807, 2.05) is 0 Å². The molecule has 0 saturated carbocycles. The van der Waals surface area contributed by atoms with Gasteiger partial charge in [0.15, 0.2) is 0 Å². The van der Waals surface area contributed by atoms with Crippen molar-refractivity contribution in [2.24, 2.45) is 0 Å². The predicted molar refractivity (Wildman–Crippen MR) is 113 cm³/mol. The molecule has 0 aliphatic heterocycles. The zero-order chi connectivity index (χ0) is 19.0. The fourth-order valence-electron chi connectivity index (χ4n) is 3.69. The van der Waals surface area contributed by atoms with E-state index in [1.165, 1.54) is 22.3 Å². The van der Waals surface area contributed by atoms with Gasteiger partial charge in [-0.05, 0) is 73.6 Å². The highest BCUT2D eigenvalue weighted by molar-refractivity contribution is 5.60. The molecule has 0 saturated heterocycles. The minimum Gasteiger partial charge on any atom is -0.398 e. The fourth-order valence-corrected chi connectivity index (χ4v) is 3.69. The van der Waals surface area contributed by atoms with Gasteiger partial charge in [-0.25, -0.2) is 0 Å². The highest BCUT2D eigenvalue weighted by Gasteiger charge is 2.19. The van der Waals surface area contributed by atoms with E-state index in [1.54, 1.807) is 0 Å². The van der Waals surface area contributed by atoms with E-state index < -0.39 is 0 Å². The molecule has 26 heavy (non-hydrogen) atoms. The second-order valence-electron chi connectivity index (χ2n) is 7.48. The first kappa shape index (κ1) is 18.1. The molecule has 0 aromatic heterocycles. The van der Waals surface area contributed by atoms with Crippen molar-refractivity contribution in [3.05, 3.63) is 93.0 Å². The quantitative estimate of drug-likeness (QED) is 0.482. The van der Waals surface area contributed by atoms with Gasteiger partial charge in [-0.3, -0.25) is 0 Å². The second-order valence-corrected chi connectivity index (χ2v) is 7.48. The van der Waals surface area contributed by atoms with E-state index in [4.69, 9.17) is 11.5 Å². The monoisotopic (exact) mass is 344 g/mol. The Bertz CT molecular complexity index is 849. The topological polar surface area (TPSA) is 52.0 Å². The number of rotatable bonds is 3. The summed E-state index contributed by atoms with van der Waals surface area (Å²) in [6, 6.07) is 17.7. The maximum absolute atomic E-state index is 6.20. The Labute approximate surface area is 156 Å². The maximum atomic E-state index is 6.20. The van der Waals surface area contributed by atoms with Crippen LogP contribution in [0.4, 0.5) is 11.4 Å². The molecule has 134 valence electrons. The minimum atomic E-state index is 0.159. The summed E-state index contributed by atoms with van der Waals surface area (Å²) in [5.41, 5.74) is 23.7. The zero-order valence-electron chi connectivity index (χ0n) is 16.4. The number of nitrogens with two attached hydrogens (primary N) is 2. The van der Waals surface area contributed by atoms with E-state index in [2.05, 4.69) is 83.1 Å². The Morgan fingerprint density at radius 2 is 0.885 bits per heavy atom. The molecule has 3 aromatic rings. The molecule has 0 atom stereocenters. The molecule has 2 heteroatoms. The molecule has 3 rings (SSSR count). The van der Waals surface area contributed by atoms with Crippen LogP contribution in [0.15, 0.2) is 48.5 Å². The van der Waals surface area contributed by atoms with Gasteiger partial charge in [0.05, 0.1) is 0 Å². The Hall–Kier alpha value is -2.74. The van der Waals surface area contributed by atoms with E-state index in [-0.39, 0.29) is 5.92 Å². The summed E-state index contributed by atoms with van der Waals surface area (Å²) >= 11 is 0. The predicted octanol–water partition coefficient (Wildman–Crippen LogP) is 5.57. The number of aryl methyl sites for hydroxylation is 5. The average molecular weight is 345 g/mol. The van der Waals surface area contributed by atoms with Gasteiger partial charge in [0.1, 0.15) is 0 Å². The lowest BCUT2D eigenvalue weighted by Crippen LogP contribution is -2.07. The van der Waals surface area contributed by atoms with E-state index >= 15 is 0 Å². The molecule has 0 aliphatic carbocycles. The van der Waals surface area contributed by atoms with Crippen molar-refractivity contribution in [1.82, 2.24) is 0 Å². The first-order valence-electron chi connectivity index (χ1n) is 9.07. The van der Waals surface area contributed by atoms with Crippen molar-refractivity contribution in [1.29, 1.82) is 0 Å². The molecule has 0 fully saturated rings. The van der Waals surface area contributed by atoms with Crippen LogP contribution >= 0.6 is 0 Å². The molecular formula is C24H28N2. The van der Waals surface area contributed by atoms with Crippen molar-refractivity contribution in [3.63, 3.8) is 0 Å². The number of anilines is 2. The average Bonchev–Trinajstić information content (AvgIpc) is 2.59. The van der Waals surface area contributed by atoms with Crippen molar-refractivity contribution < 1.29 is 0 Å². The summed E-state index contributed by atoms with van der Waals surface area (Å²) in [6.45, 7) is 10.4. The van der Waals surface area contributed by atoms with Crippen LogP contribution in [-0.2, 0) is 0 Å². The first-order chi connectivity index (χ1) is 12.3. The van der Waals surface area contributed by atoms with Crippen LogP contribution in [0.1, 0.15) is 50.4 Å². The summed E-state index contributed by atoms with van der Waals surface area (Å²) < 4.78 is 0. The van der Waals surface area contributed by atoms with Gasteiger partial charge in [0.25, 0.3) is 0 Å². The standard InChI is InChI=1S/C24H28N2/c1-14-6-8-19(9-7-14)22(20-10-15(2)23(25)16(3)11-20)21-12-17(4)24(26)18(5)13-21/h6-13,22H,25-26H2,1-5H3. The second kappa shape index (κ2) is 6.87. The van der Waals surface area contributed by atoms with E-state index in [0.717, 1.165) is 33.6 Å². The third-order valence-corrected chi connectivity index (χ3v) is 5.31. The van der Waals surface area contributed by atoms with Gasteiger partial charge in [-0.15, -0.1) is 0 Å². The number of hydrogen-bond donors (Lipinski definition) is 2. The Kier molecular flexibility index (Phi) is 4.78. The summed E-state index contributed by atoms with van der Waals surface area (Å²) in [6.07, 6.45) is 0. The van der Waals surface area contributed by atoms with Crippen LogP contribution in [0.2, 0.25) is 0 Å². The molecule has 0 radical (unpaired) electrons. The lowest BCUT2D eigenvalue weighted by atomic mass is 9.82. The summed E-state index contributed by atoms with van der Waals surface area (Å²) in [5, 5.41) is 0. The summed E-state index contributed by atoms with van der Waals surface area (Å²) in [5.74, 6) is 0.159. The molecule has 0 amide bonds. The lowest BCUT2D eigenvalue weighted by Gasteiger charge is -2.23. The molecule has 2 nitrogen and oxygen atoms in total. The molecule has 0 heterocycles. The van der Waals surface area contributed by atoms with Crippen LogP contribution in [0, 0.1) is 34.6 Å². The maximum Gasteiger partial charge on any atom is 0.0373 e. The molecule has 0 aliphatic rings. The molecule has 0 spiro atoms. The number of hydrogen-bond acceptors (Lipinski definition) is 2. The highest BCUT2D eigenvalue weighted by atomic mass is 14.6. The Morgan fingerprint density at radius 1 is 0.538 bits per heavy atom. The van der Waals surface area contributed by atoms with Gasteiger partial charge in [-0.2, -0.15) is 0 Å². The Balaban J connectivity index is 2.25. The van der Waals surface area contributed by atoms with Crippen LogP contribution in [0.3, 0.4) is 0 Å². The van der Waals surface area contributed by atoms with Gasteiger partial charge in [0.2, 0.25) is 0 Å². The van der Waals surface area contributed by atoms with Crippen LogP contribution < -0.4 is 11.5 Å². The highest BCUT2D eigenvalue weighted by Crippen LogP contribution is 2.36. The summed E-state index contributed by atoms with van der Waals surface area (Å²) in [4.78, 5) is 0. The smallest absolute Gasteiger partial charge is 0.0373 e. The van der Waals surface area contributed by atoms with Crippen LogP contribution in [-0.4, -0.2) is 0 Å². The normalized spacial score (nSPS) is 11.2. The lowest BCUT2D eigenvalue weighted by molar-refractivity contribution is 0.965. The summed E-state index contributed by atoms with van der Waals surface area (Å²) in [7, 11) is 0. The van der Waals surface area contributed by atoms with Crippen LogP contribution in [0.5, 0.6) is 0 Å². The third kappa shape index (κ3) is 3.32. The molecular weight excluding hydrogens is 316 g/mol. The fraction of sp³-hybridized carbons (Fsp3) is 0.250.